The number of methoxy groups -OCH3 is 1. The maximum absolute atomic E-state index is 12.2. The van der Waals surface area contributed by atoms with Gasteiger partial charge >= 0.3 is 0 Å². The number of carbonyl (C=O) groups is 1. The summed E-state index contributed by atoms with van der Waals surface area (Å²) >= 11 is 0. The van der Waals surface area contributed by atoms with Crippen LogP contribution in [0.2, 0.25) is 0 Å². The van der Waals surface area contributed by atoms with Gasteiger partial charge in [0.15, 0.2) is 0 Å². The summed E-state index contributed by atoms with van der Waals surface area (Å²) in [7, 11) is 1.59. The van der Waals surface area contributed by atoms with Crippen molar-refractivity contribution in [1.82, 2.24) is 20.1 Å². The number of hydrogen-bond donors (Lipinski definition) is 1. The first-order valence-electron chi connectivity index (χ1n) is 8.11. The van der Waals surface area contributed by atoms with Gasteiger partial charge in [0.25, 0.3) is 5.91 Å². The first-order valence-corrected chi connectivity index (χ1v) is 8.11. The maximum atomic E-state index is 12.2. The van der Waals surface area contributed by atoms with E-state index >= 15 is 0 Å². The van der Waals surface area contributed by atoms with Crippen LogP contribution in [0.5, 0.6) is 5.75 Å². The molecule has 0 fully saturated rings. The first-order chi connectivity index (χ1) is 11.3. The Balaban J connectivity index is 1.57. The van der Waals surface area contributed by atoms with Crippen LogP contribution in [0, 0.1) is 0 Å². The summed E-state index contributed by atoms with van der Waals surface area (Å²) in [4.78, 5) is 12.2. The number of ether oxygens (including phenoxy) is 1. The minimum atomic E-state index is -0.0977. The molecule has 2 aromatic rings. The molecule has 2 heterocycles. The van der Waals surface area contributed by atoms with Crippen LogP contribution in [0.15, 0.2) is 24.3 Å². The topological polar surface area (TPSA) is 69.0 Å². The number of hydrogen-bond acceptors (Lipinski definition) is 4. The van der Waals surface area contributed by atoms with Crippen LogP contribution in [-0.4, -0.2) is 34.3 Å². The van der Waals surface area contributed by atoms with E-state index < -0.39 is 0 Å². The molecule has 122 valence electrons. The lowest BCUT2D eigenvalue weighted by molar-refractivity contribution is 0.0953. The summed E-state index contributed by atoms with van der Waals surface area (Å²) in [5.74, 6) is 2.63. The predicted molar refractivity (Wildman–Crippen MR) is 86.6 cm³/mol. The molecule has 1 amide bonds. The molecule has 6 heteroatoms. The summed E-state index contributed by atoms with van der Waals surface area (Å²) < 4.78 is 7.35. The summed E-state index contributed by atoms with van der Waals surface area (Å²) in [5.41, 5.74) is 0.601. The van der Waals surface area contributed by atoms with Gasteiger partial charge in [0.1, 0.15) is 17.4 Å². The summed E-state index contributed by atoms with van der Waals surface area (Å²) in [6.07, 6.45) is 5.31. The van der Waals surface area contributed by atoms with Crippen LogP contribution in [0.25, 0.3) is 0 Å². The average Bonchev–Trinajstić information content (AvgIpc) is 2.81. The number of nitrogens with zero attached hydrogens (tertiary/aromatic N) is 3. The third kappa shape index (κ3) is 3.70. The van der Waals surface area contributed by atoms with Gasteiger partial charge in [0, 0.05) is 31.5 Å². The quantitative estimate of drug-likeness (QED) is 0.916. The molecule has 0 saturated heterocycles. The Hall–Kier alpha value is -2.37. The van der Waals surface area contributed by atoms with Crippen molar-refractivity contribution < 1.29 is 9.53 Å². The number of aryl methyl sites for hydroxylation is 1. The van der Waals surface area contributed by atoms with E-state index in [0.29, 0.717) is 24.3 Å². The molecule has 1 aromatic carbocycles. The molecule has 3 rings (SSSR count). The van der Waals surface area contributed by atoms with E-state index in [1.54, 1.807) is 19.2 Å². The monoisotopic (exact) mass is 314 g/mol. The van der Waals surface area contributed by atoms with Gasteiger partial charge in [-0.2, -0.15) is 0 Å². The minimum absolute atomic E-state index is 0.0977. The second-order valence-electron chi connectivity index (χ2n) is 5.73. The fourth-order valence-electron chi connectivity index (χ4n) is 2.88. The Morgan fingerprint density at radius 3 is 3.09 bits per heavy atom. The molecular weight excluding hydrogens is 292 g/mol. The van der Waals surface area contributed by atoms with E-state index in [9.17, 15) is 4.79 Å². The molecule has 1 aliphatic heterocycles. The average molecular weight is 314 g/mol. The molecule has 0 aliphatic carbocycles. The van der Waals surface area contributed by atoms with Gasteiger partial charge < -0.3 is 14.6 Å². The highest BCUT2D eigenvalue weighted by Crippen LogP contribution is 2.15. The molecular formula is C17H22N4O2. The third-order valence-electron chi connectivity index (χ3n) is 4.15. The predicted octanol–water partition coefficient (Wildman–Crippen LogP) is 1.99. The van der Waals surface area contributed by atoms with Gasteiger partial charge in [-0.1, -0.05) is 12.5 Å². The zero-order chi connectivity index (χ0) is 16.1. The minimum Gasteiger partial charge on any atom is -0.497 e. The largest absolute Gasteiger partial charge is 0.497 e. The molecule has 0 spiro atoms. The van der Waals surface area contributed by atoms with Crippen LogP contribution in [0.3, 0.4) is 0 Å². The molecule has 1 aromatic heterocycles. The highest BCUT2D eigenvalue weighted by atomic mass is 16.5. The summed E-state index contributed by atoms with van der Waals surface area (Å²) in [5, 5.41) is 11.5. The number of nitrogens with one attached hydrogen (secondary N) is 1. The van der Waals surface area contributed by atoms with Crippen LogP contribution in [-0.2, 0) is 19.4 Å². The normalized spacial score (nSPS) is 14.0. The molecule has 1 N–H and O–H groups in total. The van der Waals surface area contributed by atoms with Crippen molar-refractivity contribution in [2.24, 2.45) is 0 Å². The third-order valence-corrected chi connectivity index (χ3v) is 4.15. The highest BCUT2D eigenvalue weighted by molar-refractivity contribution is 5.94. The van der Waals surface area contributed by atoms with Crippen molar-refractivity contribution in [2.75, 3.05) is 13.7 Å². The van der Waals surface area contributed by atoms with E-state index in [1.165, 1.54) is 19.3 Å². The van der Waals surface area contributed by atoms with Crippen LogP contribution >= 0.6 is 0 Å². The molecule has 0 saturated carbocycles. The molecule has 6 nitrogen and oxygen atoms in total. The summed E-state index contributed by atoms with van der Waals surface area (Å²) in [6, 6.07) is 7.15. The molecule has 0 unspecified atom stereocenters. The standard InChI is InChI=1S/C17H22N4O2/c1-23-14-7-5-6-13(12-14)17(22)18-10-9-16-20-19-15-8-3-2-4-11-21(15)16/h5-7,12H,2-4,8-11H2,1H3,(H,18,22). The van der Waals surface area contributed by atoms with Crippen molar-refractivity contribution in [3.8, 4) is 5.75 Å². The van der Waals surface area contributed by atoms with E-state index in [4.69, 9.17) is 4.74 Å². The van der Waals surface area contributed by atoms with Gasteiger partial charge in [-0.25, -0.2) is 0 Å². The number of rotatable bonds is 5. The molecule has 0 bridgehead atoms. The fraction of sp³-hybridized carbons (Fsp3) is 0.471. The first kappa shape index (κ1) is 15.5. The number of benzene rings is 1. The van der Waals surface area contributed by atoms with Crippen molar-refractivity contribution >= 4 is 5.91 Å². The van der Waals surface area contributed by atoms with Gasteiger partial charge in [-0.15, -0.1) is 10.2 Å². The SMILES string of the molecule is COc1cccc(C(=O)NCCc2nnc3n2CCCCC3)c1. The Kier molecular flexibility index (Phi) is 4.90. The zero-order valence-corrected chi connectivity index (χ0v) is 13.4. The zero-order valence-electron chi connectivity index (χ0n) is 13.4. The lowest BCUT2D eigenvalue weighted by Gasteiger charge is -2.08. The lowest BCUT2D eigenvalue weighted by Crippen LogP contribution is -2.26. The number of carbonyl (C=O) groups excluding carboxylic acids is 1. The molecule has 1 aliphatic rings. The van der Waals surface area contributed by atoms with Crippen LogP contribution in [0.1, 0.15) is 41.3 Å². The van der Waals surface area contributed by atoms with E-state index in [1.807, 2.05) is 12.1 Å². The maximum Gasteiger partial charge on any atom is 0.251 e. The smallest absolute Gasteiger partial charge is 0.251 e. The van der Waals surface area contributed by atoms with E-state index in [-0.39, 0.29) is 5.91 Å². The van der Waals surface area contributed by atoms with Crippen molar-refractivity contribution in [1.29, 1.82) is 0 Å². The fourth-order valence-corrected chi connectivity index (χ4v) is 2.88. The van der Waals surface area contributed by atoms with Crippen molar-refractivity contribution in [3.63, 3.8) is 0 Å². The second kappa shape index (κ2) is 7.26. The Morgan fingerprint density at radius 1 is 1.30 bits per heavy atom. The second-order valence-corrected chi connectivity index (χ2v) is 5.73. The van der Waals surface area contributed by atoms with E-state index in [2.05, 4.69) is 20.1 Å². The molecule has 23 heavy (non-hydrogen) atoms. The van der Waals surface area contributed by atoms with Gasteiger partial charge in [0.2, 0.25) is 0 Å². The van der Waals surface area contributed by atoms with Gasteiger partial charge in [-0.3, -0.25) is 4.79 Å². The highest BCUT2D eigenvalue weighted by Gasteiger charge is 2.14. The Bertz CT molecular complexity index is 681. The summed E-state index contributed by atoms with van der Waals surface area (Å²) in [6.45, 7) is 1.54. The number of aromatic nitrogens is 3. The van der Waals surface area contributed by atoms with Crippen molar-refractivity contribution in [3.05, 3.63) is 41.5 Å². The molecule has 0 radical (unpaired) electrons. The van der Waals surface area contributed by atoms with Gasteiger partial charge in [0.05, 0.1) is 7.11 Å². The molecule has 0 atom stereocenters. The Labute approximate surface area is 135 Å². The van der Waals surface area contributed by atoms with Crippen LogP contribution < -0.4 is 10.1 Å². The number of amides is 1. The van der Waals surface area contributed by atoms with Crippen LogP contribution in [0.4, 0.5) is 0 Å². The Morgan fingerprint density at radius 2 is 2.22 bits per heavy atom. The number of fused-ring (bicyclic) bond motifs is 1. The van der Waals surface area contributed by atoms with Gasteiger partial charge in [-0.05, 0) is 31.0 Å². The lowest BCUT2D eigenvalue weighted by atomic mass is 10.2. The van der Waals surface area contributed by atoms with Crippen molar-refractivity contribution in [2.45, 2.75) is 38.6 Å². The van der Waals surface area contributed by atoms with E-state index in [0.717, 1.165) is 24.6 Å².